The van der Waals surface area contributed by atoms with Crippen molar-refractivity contribution in [1.29, 1.82) is 0 Å². The number of carbonyl (C=O) groups is 1. The molecule has 0 spiro atoms. The minimum atomic E-state index is -0.271. The predicted molar refractivity (Wildman–Crippen MR) is 106 cm³/mol. The second-order valence-corrected chi connectivity index (χ2v) is 8.77. The maximum Gasteiger partial charge on any atom is 0.239 e. The standard InChI is InChI=1S/C16H19N5O2S3/c1-4-9-6-10-14(24-9)17-8-18-15(10)25-11(5-2)13(22)19-16-21-20-12(26-16)7-23-3/h6,8,11H,4-5,7H2,1-3H3,(H,19,21,22). The van der Waals surface area contributed by atoms with Gasteiger partial charge in [0.25, 0.3) is 0 Å². The Balaban J connectivity index is 1.74. The maximum absolute atomic E-state index is 12.6. The number of hydrogen-bond acceptors (Lipinski definition) is 9. The average molecular weight is 410 g/mol. The monoisotopic (exact) mass is 409 g/mol. The lowest BCUT2D eigenvalue weighted by molar-refractivity contribution is -0.115. The highest BCUT2D eigenvalue weighted by Crippen LogP contribution is 2.34. The lowest BCUT2D eigenvalue weighted by atomic mass is 10.3. The van der Waals surface area contributed by atoms with Crippen molar-refractivity contribution in [3.8, 4) is 0 Å². The highest BCUT2D eigenvalue weighted by atomic mass is 32.2. The number of anilines is 1. The van der Waals surface area contributed by atoms with Crippen molar-refractivity contribution in [3.63, 3.8) is 0 Å². The van der Waals surface area contributed by atoms with Crippen LogP contribution in [0.4, 0.5) is 5.13 Å². The summed E-state index contributed by atoms with van der Waals surface area (Å²) < 4.78 is 5.02. The van der Waals surface area contributed by atoms with E-state index in [1.54, 1.807) is 24.8 Å². The van der Waals surface area contributed by atoms with Gasteiger partial charge in [0.05, 0.1) is 5.25 Å². The molecule has 0 bridgehead atoms. The molecule has 3 heterocycles. The van der Waals surface area contributed by atoms with Crippen LogP contribution in [0, 0.1) is 0 Å². The molecule has 138 valence electrons. The van der Waals surface area contributed by atoms with Gasteiger partial charge in [0, 0.05) is 17.4 Å². The Morgan fingerprint density at radius 1 is 1.31 bits per heavy atom. The molecule has 0 saturated heterocycles. The number of hydrogen-bond donors (Lipinski definition) is 1. The van der Waals surface area contributed by atoms with Crippen LogP contribution in [0.1, 0.15) is 30.2 Å². The summed E-state index contributed by atoms with van der Waals surface area (Å²) in [5, 5.41) is 13.6. The van der Waals surface area contributed by atoms with E-state index in [1.807, 2.05) is 6.92 Å². The average Bonchev–Trinajstić information content (AvgIpc) is 3.26. The molecule has 0 saturated carbocycles. The summed E-state index contributed by atoms with van der Waals surface area (Å²) in [5.41, 5.74) is 0. The summed E-state index contributed by atoms with van der Waals surface area (Å²) in [6.45, 7) is 4.49. The van der Waals surface area contributed by atoms with Crippen molar-refractivity contribution in [2.24, 2.45) is 0 Å². The van der Waals surface area contributed by atoms with Gasteiger partial charge in [0.15, 0.2) is 0 Å². The van der Waals surface area contributed by atoms with Crippen molar-refractivity contribution in [2.45, 2.75) is 43.6 Å². The van der Waals surface area contributed by atoms with Gasteiger partial charge in [-0.1, -0.05) is 36.9 Å². The van der Waals surface area contributed by atoms with Crippen LogP contribution >= 0.6 is 34.4 Å². The summed E-state index contributed by atoms with van der Waals surface area (Å²) in [7, 11) is 1.60. The molecule has 1 amide bonds. The second-order valence-electron chi connectivity index (χ2n) is 5.40. The number of nitrogens with zero attached hydrogens (tertiary/aromatic N) is 4. The van der Waals surface area contributed by atoms with Crippen LogP contribution in [0.2, 0.25) is 0 Å². The Morgan fingerprint density at radius 2 is 2.15 bits per heavy atom. The van der Waals surface area contributed by atoms with Crippen LogP contribution < -0.4 is 5.32 Å². The van der Waals surface area contributed by atoms with E-state index in [0.29, 0.717) is 18.2 Å². The molecular formula is C16H19N5O2S3. The number of rotatable bonds is 8. The number of aromatic nitrogens is 4. The molecule has 26 heavy (non-hydrogen) atoms. The van der Waals surface area contributed by atoms with Crippen LogP contribution in [0.15, 0.2) is 17.4 Å². The number of carbonyl (C=O) groups excluding carboxylic acids is 1. The highest BCUT2D eigenvalue weighted by molar-refractivity contribution is 8.00. The van der Waals surface area contributed by atoms with E-state index < -0.39 is 0 Å². The molecule has 0 aliphatic heterocycles. The lowest BCUT2D eigenvalue weighted by Gasteiger charge is -2.13. The van der Waals surface area contributed by atoms with Gasteiger partial charge in [-0.05, 0) is 18.9 Å². The van der Waals surface area contributed by atoms with Gasteiger partial charge in [-0.2, -0.15) is 0 Å². The second kappa shape index (κ2) is 8.85. The van der Waals surface area contributed by atoms with Crippen LogP contribution in [-0.2, 0) is 22.6 Å². The van der Waals surface area contributed by atoms with Gasteiger partial charge in [-0.15, -0.1) is 21.5 Å². The van der Waals surface area contributed by atoms with Crippen molar-refractivity contribution >= 4 is 55.7 Å². The SMILES string of the molecule is CCc1cc2c(SC(CC)C(=O)Nc3nnc(COC)s3)ncnc2s1. The Labute approximate surface area is 163 Å². The van der Waals surface area contributed by atoms with Crippen molar-refractivity contribution < 1.29 is 9.53 Å². The van der Waals surface area contributed by atoms with E-state index in [1.165, 1.54) is 28.0 Å². The largest absolute Gasteiger partial charge is 0.377 e. The topological polar surface area (TPSA) is 89.9 Å². The molecule has 7 nitrogen and oxygen atoms in total. The Kier molecular flexibility index (Phi) is 6.52. The third-order valence-electron chi connectivity index (χ3n) is 3.57. The fourth-order valence-electron chi connectivity index (χ4n) is 2.28. The van der Waals surface area contributed by atoms with E-state index in [0.717, 1.165) is 26.7 Å². The molecule has 1 atom stereocenters. The molecule has 0 aliphatic rings. The first-order chi connectivity index (χ1) is 12.6. The zero-order chi connectivity index (χ0) is 18.5. The Hall–Kier alpha value is -1.62. The van der Waals surface area contributed by atoms with E-state index in [-0.39, 0.29) is 11.2 Å². The Morgan fingerprint density at radius 3 is 2.88 bits per heavy atom. The fourth-order valence-corrected chi connectivity index (χ4v) is 4.99. The lowest BCUT2D eigenvalue weighted by Crippen LogP contribution is -2.24. The summed E-state index contributed by atoms with van der Waals surface area (Å²) in [4.78, 5) is 23.6. The number of thiophene rings is 1. The summed E-state index contributed by atoms with van der Waals surface area (Å²) in [6.07, 6.45) is 3.20. The third-order valence-corrected chi connectivity index (χ3v) is 6.95. The van der Waals surface area contributed by atoms with Gasteiger partial charge >= 0.3 is 0 Å². The molecule has 0 aliphatic carbocycles. The Bertz CT molecular complexity index is 895. The van der Waals surface area contributed by atoms with Gasteiger partial charge in [-0.25, -0.2) is 9.97 Å². The minimum absolute atomic E-state index is 0.102. The van der Waals surface area contributed by atoms with Crippen LogP contribution in [-0.4, -0.2) is 38.4 Å². The van der Waals surface area contributed by atoms with Crippen LogP contribution in [0.25, 0.3) is 10.2 Å². The highest BCUT2D eigenvalue weighted by Gasteiger charge is 2.22. The fraction of sp³-hybridized carbons (Fsp3) is 0.438. The number of amides is 1. The first-order valence-corrected chi connectivity index (χ1v) is 10.7. The van der Waals surface area contributed by atoms with Crippen molar-refractivity contribution in [3.05, 3.63) is 22.3 Å². The smallest absolute Gasteiger partial charge is 0.239 e. The number of thioether (sulfide) groups is 1. The molecule has 1 N–H and O–H groups in total. The number of nitrogens with one attached hydrogen (secondary N) is 1. The maximum atomic E-state index is 12.6. The molecule has 3 aromatic heterocycles. The first-order valence-electron chi connectivity index (χ1n) is 8.16. The van der Waals surface area contributed by atoms with E-state index >= 15 is 0 Å². The van der Waals surface area contributed by atoms with Crippen molar-refractivity contribution in [2.75, 3.05) is 12.4 Å². The summed E-state index contributed by atoms with van der Waals surface area (Å²) in [5.74, 6) is -0.102. The van der Waals surface area contributed by atoms with E-state index in [2.05, 4.69) is 38.5 Å². The van der Waals surface area contributed by atoms with E-state index in [4.69, 9.17) is 4.74 Å². The zero-order valence-electron chi connectivity index (χ0n) is 14.7. The molecule has 0 aromatic carbocycles. The van der Waals surface area contributed by atoms with Gasteiger partial charge in [-0.3, -0.25) is 10.1 Å². The summed E-state index contributed by atoms with van der Waals surface area (Å²) in [6, 6.07) is 2.12. The van der Waals surface area contributed by atoms with Gasteiger partial charge in [0.2, 0.25) is 11.0 Å². The zero-order valence-corrected chi connectivity index (χ0v) is 17.1. The number of methoxy groups -OCH3 is 1. The van der Waals surface area contributed by atoms with E-state index in [9.17, 15) is 4.79 Å². The predicted octanol–water partition coefficient (Wildman–Crippen LogP) is 3.76. The quantitative estimate of drug-likeness (QED) is 0.447. The molecule has 1 unspecified atom stereocenters. The molecule has 10 heteroatoms. The molecule has 3 rings (SSSR count). The molecule has 0 fully saturated rings. The summed E-state index contributed by atoms with van der Waals surface area (Å²) >= 11 is 4.45. The van der Waals surface area contributed by atoms with Gasteiger partial charge < -0.3 is 4.74 Å². The minimum Gasteiger partial charge on any atom is -0.377 e. The molecular weight excluding hydrogens is 390 g/mol. The van der Waals surface area contributed by atoms with Crippen LogP contribution in [0.3, 0.4) is 0 Å². The number of ether oxygens (including phenoxy) is 1. The molecule has 3 aromatic rings. The number of fused-ring (bicyclic) bond motifs is 1. The van der Waals surface area contributed by atoms with Crippen LogP contribution in [0.5, 0.6) is 0 Å². The van der Waals surface area contributed by atoms with Gasteiger partial charge in [0.1, 0.15) is 27.8 Å². The normalized spacial score (nSPS) is 12.4. The van der Waals surface area contributed by atoms with Crippen molar-refractivity contribution in [1.82, 2.24) is 20.2 Å². The third kappa shape index (κ3) is 4.37. The number of aryl methyl sites for hydroxylation is 1. The first kappa shape index (κ1) is 19.2. The molecule has 0 radical (unpaired) electrons.